The number of esters is 1. The van der Waals surface area contributed by atoms with Gasteiger partial charge in [-0.15, -0.1) is 0 Å². The van der Waals surface area contributed by atoms with Crippen molar-refractivity contribution in [2.75, 3.05) is 90.7 Å². The van der Waals surface area contributed by atoms with Crippen LogP contribution in [0.25, 0.3) is 33.3 Å². The number of carbonyl (C=O) groups is 4. The molecule has 3 N–H and O–H groups in total. The molecule has 3 amide bonds. The topological polar surface area (TPSA) is 176 Å². The molecule has 2 aromatic carbocycles. The molecule has 17 heteroatoms. The van der Waals surface area contributed by atoms with Crippen molar-refractivity contribution in [2.45, 2.75) is 142 Å². The highest BCUT2D eigenvalue weighted by Gasteiger charge is 2.55. The summed E-state index contributed by atoms with van der Waals surface area (Å²) in [6, 6.07) is 15.9. The van der Waals surface area contributed by atoms with Crippen LogP contribution in [0.1, 0.15) is 103 Å². The van der Waals surface area contributed by atoms with E-state index in [2.05, 4.69) is 118 Å². The normalized spacial score (nSPS) is 28.5. The van der Waals surface area contributed by atoms with Gasteiger partial charge in [0, 0.05) is 106 Å². The fourth-order valence-electron chi connectivity index (χ4n) is 14.4. The number of aryl methyl sites for hydroxylation is 1. The lowest BCUT2D eigenvalue weighted by Crippen LogP contribution is -2.62. The van der Waals surface area contributed by atoms with Crippen molar-refractivity contribution < 1.29 is 33.4 Å². The SMILES string of the molecule is CCn1c(-c2cc(N3CCN4CCOC[C@@H]4C3)cnc2[C@H](C)OC)c2c3cc(ccc31)-c1cccc(c1)C[C@H](NC(=O)[C@H](C(C)C)N1CC[C@]3(CCN(C(=O)[C@@H]4N[C@@H]4C4CC4)C3)C1)C(=O)N1CCC[C@H](N1)C(=O)OCC(C)(C)C2. The largest absolute Gasteiger partial charge is 0.464 e. The Morgan fingerprint density at radius 3 is 2.57 bits per heavy atom. The van der Waals surface area contributed by atoms with E-state index < -0.39 is 29.5 Å². The minimum Gasteiger partial charge on any atom is -0.464 e. The third kappa shape index (κ3) is 10.8. The Bertz CT molecular complexity index is 2970. The van der Waals surface area contributed by atoms with Crippen LogP contribution >= 0.6 is 0 Å². The summed E-state index contributed by atoms with van der Waals surface area (Å²) in [5.74, 6) is -0.0137. The molecule has 7 aliphatic heterocycles. The number of morpholine rings is 1. The van der Waals surface area contributed by atoms with Crippen LogP contribution in [0.5, 0.6) is 0 Å². The highest BCUT2D eigenvalue weighted by molar-refractivity contribution is 5.96. The molecule has 1 saturated carbocycles. The lowest BCUT2D eigenvalue weighted by Gasteiger charge is -2.44. The van der Waals surface area contributed by atoms with Gasteiger partial charge in [-0.05, 0) is 118 Å². The first-order chi connectivity index (χ1) is 38.1. The van der Waals surface area contributed by atoms with Gasteiger partial charge in [-0.3, -0.25) is 44.3 Å². The predicted octanol–water partition coefficient (Wildman–Crippen LogP) is 5.97. The standard InChI is InChI=1S/C62H84N10O7/c1-8-71-51-17-16-43-29-46(51)48(56(71)47-30-44(32-63-52(47)39(4)77-7)68-24-23-67-25-26-78-34-45(67)33-68)31-61(5,6)37-79-60(76)49-13-10-20-72(66-49)58(74)50(28-40-11-9-12-42(43)27-40)64-57(73)55(38(2)3)69-21-18-62(35-69)19-22-70(36-62)59(75)54-53(65-54)41-14-15-41/h9,11-12,16-17,27,29-30,32,38-39,41,45,49-50,53-55,65-66H,8,10,13-15,18-26,28,31,33-37H2,1-7H3,(H,64,73)/t39-,45-,49-,50-,53+,54+,55-,62-/m0/s1. The number of amides is 3. The zero-order valence-electron chi connectivity index (χ0n) is 47.7. The van der Waals surface area contributed by atoms with Gasteiger partial charge >= 0.3 is 5.97 Å². The Hall–Kier alpha value is -5.43. The van der Waals surface area contributed by atoms with E-state index >= 15 is 4.79 Å². The van der Waals surface area contributed by atoms with E-state index in [1.165, 1.54) is 12.8 Å². The van der Waals surface area contributed by atoms with Gasteiger partial charge < -0.3 is 33.9 Å². The first kappa shape index (κ1) is 54.2. The number of nitrogens with one attached hydrogen (secondary N) is 3. The molecule has 17 nitrogen and oxygen atoms in total. The highest BCUT2D eigenvalue weighted by Crippen LogP contribution is 2.46. The molecule has 6 saturated heterocycles. The number of ether oxygens (including phenoxy) is 3. The predicted molar refractivity (Wildman–Crippen MR) is 304 cm³/mol. The van der Waals surface area contributed by atoms with Crippen LogP contribution in [-0.2, 0) is 52.8 Å². The number of fused-ring (bicyclic) bond motifs is 7. The van der Waals surface area contributed by atoms with Crippen molar-refractivity contribution in [2.24, 2.45) is 22.7 Å². The summed E-state index contributed by atoms with van der Waals surface area (Å²) in [7, 11) is 1.74. The molecule has 0 radical (unpaired) electrons. The minimum absolute atomic E-state index is 0.0349. The van der Waals surface area contributed by atoms with Gasteiger partial charge in [-0.1, -0.05) is 58.0 Å². The number of aromatic nitrogens is 2. The van der Waals surface area contributed by atoms with E-state index in [1.54, 1.807) is 12.1 Å². The van der Waals surface area contributed by atoms with E-state index in [0.717, 1.165) is 134 Å². The summed E-state index contributed by atoms with van der Waals surface area (Å²) in [5.41, 5.74) is 12.0. The molecule has 7 fully saturated rings. The fourth-order valence-corrected chi connectivity index (χ4v) is 14.4. The van der Waals surface area contributed by atoms with Crippen molar-refractivity contribution in [1.29, 1.82) is 0 Å². The fraction of sp³-hybridized carbons (Fsp3) is 0.629. The summed E-state index contributed by atoms with van der Waals surface area (Å²) < 4.78 is 20.7. The number of hydrazine groups is 1. The van der Waals surface area contributed by atoms with Crippen molar-refractivity contribution in [3.8, 4) is 22.4 Å². The number of nitrogens with zero attached hydrogens (tertiary/aromatic N) is 7. The number of hydrogen-bond donors (Lipinski definition) is 3. The highest BCUT2D eigenvalue weighted by atomic mass is 16.5. The van der Waals surface area contributed by atoms with Crippen LogP contribution in [0, 0.1) is 22.7 Å². The van der Waals surface area contributed by atoms with Crippen LogP contribution in [0.2, 0.25) is 0 Å². The van der Waals surface area contributed by atoms with Crippen molar-refractivity contribution in [3.63, 3.8) is 0 Å². The summed E-state index contributed by atoms with van der Waals surface area (Å²) in [5, 5.41) is 9.42. The second kappa shape index (κ2) is 21.8. The number of rotatable bonds is 11. The minimum atomic E-state index is -0.922. The molecule has 424 valence electrons. The number of hydrogen-bond acceptors (Lipinski definition) is 13. The van der Waals surface area contributed by atoms with E-state index in [9.17, 15) is 14.4 Å². The van der Waals surface area contributed by atoms with Crippen molar-refractivity contribution >= 4 is 40.3 Å². The zero-order chi connectivity index (χ0) is 54.9. The zero-order valence-corrected chi connectivity index (χ0v) is 47.7. The first-order valence-electron chi connectivity index (χ1n) is 29.8. The van der Waals surface area contributed by atoms with Gasteiger partial charge in [0.05, 0.1) is 61.3 Å². The maximum atomic E-state index is 15.0. The lowest BCUT2D eigenvalue weighted by atomic mass is 9.84. The Balaban J connectivity index is 0.875. The Morgan fingerprint density at radius 1 is 0.949 bits per heavy atom. The number of cyclic esters (lactones) is 1. The van der Waals surface area contributed by atoms with Crippen LogP contribution in [0.15, 0.2) is 54.7 Å². The molecule has 4 aromatic rings. The Kier molecular flexibility index (Phi) is 15.0. The number of methoxy groups -OCH3 is 1. The molecule has 12 rings (SSSR count). The number of anilines is 1. The average Bonchev–Trinajstić information content (AvgIpc) is 4.38. The quantitative estimate of drug-likeness (QED) is 0.119. The van der Waals surface area contributed by atoms with Gasteiger partial charge in [0.1, 0.15) is 18.1 Å². The molecule has 1 spiro atoms. The number of likely N-dealkylation sites (tertiary alicyclic amines) is 2. The smallest absolute Gasteiger partial charge is 0.324 e. The molecule has 79 heavy (non-hydrogen) atoms. The third-order valence-corrected chi connectivity index (χ3v) is 19.0. The third-order valence-electron chi connectivity index (χ3n) is 19.0. The monoisotopic (exact) mass is 1080 g/mol. The molecular weight excluding hydrogens is 997 g/mol. The maximum absolute atomic E-state index is 15.0. The summed E-state index contributed by atoms with van der Waals surface area (Å²) >= 11 is 0. The number of pyridine rings is 1. The van der Waals surface area contributed by atoms with E-state index in [1.807, 2.05) is 18.3 Å². The second-order valence-corrected chi connectivity index (χ2v) is 25.7. The number of benzene rings is 2. The maximum Gasteiger partial charge on any atom is 0.324 e. The van der Waals surface area contributed by atoms with Crippen molar-refractivity contribution in [1.82, 2.24) is 45.3 Å². The van der Waals surface area contributed by atoms with Crippen LogP contribution in [0.4, 0.5) is 5.69 Å². The lowest BCUT2D eigenvalue weighted by molar-refractivity contribution is -0.155. The molecule has 0 unspecified atom stereocenters. The number of carbonyl (C=O) groups excluding carboxylic acids is 4. The van der Waals surface area contributed by atoms with Crippen molar-refractivity contribution in [3.05, 3.63) is 71.5 Å². The number of piperazine rings is 1. The molecular formula is C62H84N10O7. The molecule has 1 aliphatic carbocycles. The van der Waals surface area contributed by atoms with Gasteiger partial charge in [0.25, 0.3) is 5.91 Å². The van der Waals surface area contributed by atoms with E-state index in [0.29, 0.717) is 50.4 Å². The summed E-state index contributed by atoms with van der Waals surface area (Å²) in [4.78, 5) is 72.5. The molecule has 8 atom stereocenters. The molecule has 2 aromatic heterocycles. The summed E-state index contributed by atoms with van der Waals surface area (Å²) in [6.45, 7) is 22.1. The van der Waals surface area contributed by atoms with Gasteiger partial charge in [-0.2, -0.15) is 0 Å². The van der Waals surface area contributed by atoms with Gasteiger partial charge in [0.2, 0.25) is 11.8 Å². The second-order valence-electron chi connectivity index (χ2n) is 25.7. The average molecular weight is 1080 g/mol. The Morgan fingerprint density at radius 2 is 1.77 bits per heavy atom. The van der Waals surface area contributed by atoms with Crippen LogP contribution < -0.4 is 21.0 Å². The molecule has 8 aliphatic rings. The first-order valence-corrected chi connectivity index (χ1v) is 29.8. The van der Waals surface area contributed by atoms with Crippen LogP contribution in [-0.4, -0.2) is 175 Å². The van der Waals surface area contributed by atoms with Crippen LogP contribution in [0.3, 0.4) is 0 Å². The van der Waals surface area contributed by atoms with Gasteiger partial charge in [0.15, 0.2) is 0 Å². The summed E-state index contributed by atoms with van der Waals surface area (Å²) in [6.07, 6.45) is 7.97. The van der Waals surface area contributed by atoms with E-state index in [4.69, 9.17) is 19.2 Å². The molecule has 9 heterocycles. The molecule has 6 bridgehead atoms. The Labute approximate surface area is 466 Å². The van der Waals surface area contributed by atoms with E-state index in [-0.39, 0.29) is 54.2 Å². The van der Waals surface area contributed by atoms with Gasteiger partial charge in [-0.25, -0.2) is 5.43 Å².